The van der Waals surface area contributed by atoms with E-state index in [1.54, 1.807) is 79.0 Å². The molecule has 28 nitrogen and oxygen atoms in total. The lowest BCUT2D eigenvalue weighted by molar-refractivity contribution is -0.144. The zero-order chi connectivity index (χ0) is 77.7. The van der Waals surface area contributed by atoms with E-state index >= 15 is 14.4 Å². The summed E-state index contributed by atoms with van der Waals surface area (Å²) in [5.74, 6) is -10.0. The van der Waals surface area contributed by atoms with Gasteiger partial charge in [0.1, 0.15) is 71.9 Å². The second kappa shape index (κ2) is 37.6. The number of aromatic amines is 1. The number of aliphatic carboxylic acids is 1. The Labute approximate surface area is 631 Å². The second-order valence-electron chi connectivity index (χ2n) is 26.8. The van der Waals surface area contributed by atoms with Crippen LogP contribution in [-0.4, -0.2) is 179 Å². The highest BCUT2D eigenvalue weighted by molar-refractivity contribution is 6.30. The fourth-order valence-electron chi connectivity index (χ4n) is 12.9. The summed E-state index contributed by atoms with van der Waals surface area (Å²) in [7, 11) is 0. The van der Waals surface area contributed by atoms with Gasteiger partial charge < -0.3 is 78.2 Å². The molecule has 4 heterocycles. The van der Waals surface area contributed by atoms with E-state index in [0.29, 0.717) is 61.3 Å². The minimum absolute atomic E-state index is 0.0266. The molecule has 0 radical (unpaired) electrons. The Bertz CT molecular complexity index is 4730. The quantitative estimate of drug-likeness (QED) is 0.0274. The molecule has 0 unspecified atom stereocenters. The number of amides is 10. The fraction of sp³-hybridized carbons (Fsp3) is 0.287. The summed E-state index contributed by atoms with van der Waals surface area (Å²) >= 11 is 6.25. The molecular formula is C80H84ClN13O15. The van der Waals surface area contributed by atoms with Crippen LogP contribution in [0.25, 0.3) is 21.7 Å². The third-order valence-corrected chi connectivity index (χ3v) is 18.9. The molecule has 566 valence electrons. The molecule has 0 aliphatic carbocycles. The van der Waals surface area contributed by atoms with Crippen molar-refractivity contribution < 1.29 is 73.2 Å². The van der Waals surface area contributed by atoms with Crippen molar-refractivity contribution in [1.82, 2.24) is 67.7 Å². The number of carbonyl (C=O) groups is 11. The third kappa shape index (κ3) is 22.3. The molecule has 10 rings (SSSR count). The van der Waals surface area contributed by atoms with Crippen LogP contribution >= 0.6 is 11.6 Å². The number of fused-ring (bicyclic) bond motifs is 2. The van der Waals surface area contributed by atoms with Crippen LogP contribution in [-0.2, 0) is 97.7 Å². The van der Waals surface area contributed by atoms with Gasteiger partial charge in [-0.1, -0.05) is 121 Å². The molecule has 29 heteroatoms. The first-order valence-electron chi connectivity index (χ1n) is 35.4. The molecule has 10 atom stereocenters. The summed E-state index contributed by atoms with van der Waals surface area (Å²) in [5.41, 5.74) is 4.18. The Morgan fingerprint density at radius 1 is 0.477 bits per heavy atom. The average molecular weight is 1500 g/mol. The van der Waals surface area contributed by atoms with Gasteiger partial charge in [0.2, 0.25) is 59.1 Å². The number of aliphatic hydroxyl groups is 1. The molecule has 0 saturated carbocycles. The number of aliphatic hydroxyl groups excluding tert-OH is 1. The van der Waals surface area contributed by atoms with Crippen LogP contribution in [0.4, 0.5) is 0 Å². The predicted molar refractivity (Wildman–Crippen MR) is 402 cm³/mol. The van der Waals surface area contributed by atoms with Crippen LogP contribution in [0.2, 0.25) is 5.02 Å². The molecule has 9 aromatic rings. The standard InChI is InChI=1S/C80H84ClN13O15/c1-46(80(108)109)85-78(106)70-16-9-33-94(70)79(107)68(37-50-22-29-59(98)30-23-50)92-76(104)67(41-56-44-84-61-15-6-5-14-60(56)61)91-74(102)65(39-52-10-7-31-82-42-52)88-73(101)64(36-49-20-27-58(97)28-21-49)90-77(105)69(45-95)93-75(103)66(40-53-11-8-32-83-43-53)89-72(100)63(35-48-18-25-57(81)26-19-48)87-71(99)62(86-47(2)96)38-51-17-24-54-12-3-4-13-55(54)34-51/h3-8,10-15,17-32,34,42-44,46,62-70,84,95,97-98H,9,16,33,35-41,45H2,1-2H3,(H,85,106)(H,86,96)(H,87,99)(H,88,101)(H,89,100)(H,90,105)(H,91,102)(H,92,104)(H,93,103)(H,108,109)/t46-,62-,63-,64+,65-,66-,67+,68+,69+,70+/m1/s1. The van der Waals surface area contributed by atoms with Crippen molar-refractivity contribution in [3.05, 3.63) is 239 Å². The van der Waals surface area contributed by atoms with Crippen LogP contribution in [0, 0.1) is 0 Å². The van der Waals surface area contributed by atoms with Crippen molar-refractivity contribution >= 4 is 98.3 Å². The van der Waals surface area contributed by atoms with E-state index in [-0.39, 0.29) is 69.4 Å². The van der Waals surface area contributed by atoms with Crippen molar-refractivity contribution in [3.63, 3.8) is 0 Å². The molecular weight excluding hydrogens is 1420 g/mol. The van der Waals surface area contributed by atoms with E-state index in [1.807, 2.05) is 42.5 Å². The van der Waals surface area contributed by atoms with Crippen molar-refractivity contribution in [2.45, 2.75) is 132 Å². The number of para-hydroxylation sites is 1. The first-order valence-corrected chi connectivity index (χ1v) is 35.8. The van der Waals surface area contributed by atoms with E-state index in [2.05, 4.69) is 62.8 Å². The number of pyridine rings is 2. The number of nitrogens with zero attached hydrogens (tertiary/aromatic N) is 3. The van der Waals surface area contributed by atoms with Crippen molar-refractivity contribution in [1.29, 1.82) is 0 Å². The normalized spacial score (nSPS) is 15.0. The number of H-pyrrole nitrogens is 1. The number of halogens is 1. The molecule has 109 heavy (non-hydrogen) atoms. The molecule has 1 aliphatic rings. The SMILES string of the molecule is CC(=O)N[C@H](Cc1ccc2ccccc2c1)C(=O)N[C@H](Cc1ccc(Cl)cc1)C(=O)N[C@H](Cc1cccnc1)C(=O)N[C@@H](CO)C(=O)N[C@@H](Cc1ccc(O)cc1)C(=O)N[C@H](Cc1cccnc1)C(=O)N[C@@H](Cc1c[nH]c2ccccc12)C(=O)N[C@@H](Cc1ccc(O)cc1)C(=O)N1CCC[C@H]1C(=O)N[C@H](C)C(=O)O. The Balaban J connectivity index is 0.913. The van der Waals surface area contributed by atoms with Crippen LogP contribution < -0.4 is 47.9 Å². The van der Waals surface area contributed by atoms with E-state index in [9.17, 15) is 58.8 Å². The molecule has 1 saturated heterocycles. The number of benzene rings is 6. The predicted octanol–water partition coefficient (Wildman–Crippen LogP) is 3.65. The summed E-state index contributed by atoms with van der Waals surface area (Å²) < 4.78 is 0. The van der Waals surface area contributed by atoms with Gasteiger partial charge in [0, 0.05) is 105 Å². The lowest BCUT2D eigenvalue weighted by Gasteiger charge is -2.31. The van der Waals surface area contributed by atoms with Gasteiger partial charge in [0.25, 0.3) is 0 Å². The van der Waals surface area contributed by atoms with Gasteiger partial charge in [-0.15, -0.1) is 0 Å². The maximum atomic E-state index is 15.4. The van der Waals surface area contributed by atoms with Gasteiger partial charge in [-0.25, -0.2) is 0 Å². The molecule has 1 aliphatic heterocycles. The lowest BCUT2D eigenvalue weighted by Crippen LogP contribution is -2.62. The Kier molecular flexibility index (Phi) is 27.3. The van der Waals surface area contributed by atoms with Gasteiger partial charge in [0.05, 0.1) is 6.61 Å². The number of carbonyl (C=O) groups excluding carboxylic acids is 10. The zero-order valence-corrected chi connectivity index (χ0v) is 60.3. The molecule has 0 spiro atoms. The molecule has 10 amide bonds. The topological polar surface area (TPSA) is 422 Å². The summed E-state index contributed by atoms with van der Waals surface area (Å²) in [6.45, 7) is 1.52. The fourth-order valence-corrected chi connectivity index (χ4v) is 13.0. The summed E-state index contributed by atoms with van der Waals surface area (Å²) in [5, 5.41) is 68.2. The zero-order valence-electron chi connectivity index (χ0n) is 59.5. The number of phenols is 2. The highest BCUT2D eigenvalue weighted by Gasteiger charge is 2.41. The largest absolute Gasteiger partial charge is 0.508 e. The summed E-state index contributed by atoms with van der Waals surface area (Å²) in [6, 6.07) is 30.1. The first kappa shape index (κ1) is 79.0. The molecule has 3 aromatic heterocycles. The van der Waals surface area contributed by atoms with Gasteiger partial charge >= 0.3 is 5.97 Å². The summed E-state index contributed by atoms with van der Waals surface area (Å²) in [6.07, 6.45) is 6.65. The van der Waals surface area contributed by atoms with Gasteiger partial charge in [0.15, 0.2) is 0 Å². The maximum Gasteiger partial charge on any atom is 0.325 e. The minimum atomic E-state index is -1.86. The minimum Gasteiger partial charge on any atom is -0.508 e. The summed E-state index contributed by atoms with van der Waals surface area (Å²) in [4.78, 5) is 171. The van der Waals surface area contributed by atoms with E-state index in [1.165, 1.54) is 92.1 Å². The maximum absolute atomic E-state index is 15.4. The average Bonchev–Trinajstić information content (AvgIpc) is 1.72. The Hall–Kier alpha value is -12.6. The smallest absolute Gasteiger partial charge is 0.325 e. The number of carboxylic acids is 1. The van der Waals surface area contributed by atoms with Gasteiger partial charge in [-0.2, -0.15) is 0 Å². The number of hydrogen-bond acceptors (Lipinski definition) is 16. The van der Waals surface area contributed by atoms with Crippen molar-refractivity contribution in [2.24, 2.45) is 0 Å². The number of carboxylic acid groups (broad SMARTS) is 1. The number of hydrogen-bond donors (Lipinski definition) is 14. The number of nitrogens with one attached hydrogen (secondary N) is 10. The van der Waals surface area contributed by atoms with Crippen LogP contribution in [0.3, 0.4) is 0 Å². The highest BCUT2D eigenvalue weighted by Crippen LogP contribution is 2.25. The van der Waals surface area contributed by atoms with Crippen molar-refractivity contribution in [2.75, 3.05) is 13.2 Å². The second-order valence-corrected chi connectivity index (χ2v) is 27.2. The van der Waals surface area contributed by atoms with Crippen molar-refractivity contribution in [3.8, 4) is 11.5 Å². The number of phenolic OH excluding ortho intramolecular Hbond substituents is 2. The van der Waals surface area contributed by atoms with Crippen LogP contribution in [0.5, 0.6) is 11.5 Å². The Morgan fingerprint density at radius 3 is 1.39 bits per heavy atom. The molecule has 6 aromatic carbocycles. The monoisotopic (exact) mass is 1500 g/mol. The van der Waals surface area contributed by atoms with E-state index < -0.39 is 132 Å². The third-order valence-electron chi connectivity index (χ3n) is 18.6. The van der Waals surface area contributed by atoms with Crippen LogP contribution in [0.1, 0.15) is 65.6 Å². The lowest BCUT2D eigenvalue weighted by atomic mass is 9.99. The van der Waals surface area contributed by atoms with E-state index in [4.69, 9.17) is 11.6 Å². The molecule has 1 fully saturated rings. The Morgan fingerprint density at radius 2 is 0.899 bits per heavy atom. The number of rotatable bonds is 34. The number of aromatic hydroxyl groups is 2. The highest BCUT2D eigenvalue weighted by atomic mass is 35.5. The first-order chi connectivity index (χ1) is 52.4. The van der Waals surface area contributed by atoms with Gasteiger partial charge in [-0.05, 0) is 124 Å². The molecule has 0 bridgehead atoms. The number of aromatic nitrogens is 3. The van der Waals surface area contributed by atoms with Crippen LogP contribution in [0.15, 0.2) is 195 Å². The van der Waals surface area contributed by atoms with Gasteiger partial charge in [-0.3, -0.25) is 62.7 Å². The number of likely N-dealkylation sites (tertiary alicyclic amines) is 1. The van der Waals surface area contributed by atoms with E-state index in [0.717, 1.165) is 10.8 Å². The molecule has 14 N–H and O–H groups in total.